The number of thioether (sulfide) groups is 1. The van der Waals surface area contributed by atoms with Crippen LogP contribution in [0.3, 0.4) is 0 Å². The Labute approximate surface area is 148 Å². The minimum Gasteiger partial charge on any atom is -0.481 e. The topological polar surface area (TPSA) is 134 Å². The second-order valence-electron chi connectivity index (χ2n) is 4.43. The van der Waals surface area contributed by atoms with Gasteiger partial charge in [0.25, 0.3) is 5.69 Å². The van der Waals surface area contributed by atoms with Crippen LogP contribution in [0.5, 0.6) is 0 Å². The molecule has 0 spiro atoms. The number of hydrogen-bond acceptors (Lipinski definition) is 7. The van der Waals surface area contributed by atoms with E-state index >= 15 is 0 Å². The van der Waals surface area contributed by atoms with Gasteiger partial charge in [0, 0.05) is 11.6 Å². The van der Waals surface area contributed by atoms with Crippen molar-refractivity contribution >= 4 is 63.9 Å². The Morgan fingerprint density at radius 3 is 2.79 bits per heavy atom. The maximum absolute atomic E-state index is 11.5. The lowest BCUT2D eigenvalue weighted by Gasteiger charge is -2.00. The first-order valence-corrected chi connectivity index (χ1v) is 7.85. The molecule has 1 atom stereocenters. The number of amides is 1. The average molecular weight is 391 g/mol. The van der Waals surface area contributed by atoms with E-state index in [1.165, 1.54) is 6.07 Å². The van der Waals surface area contributed by atoms with E-state index in [1.807, 2.05) is 0 Å². The molecular weight excluding hydrogens is 383 g/mol. The number of carbonyl (C=O) groups is 2. The Kier molecular flexibility index (Phi) is 5.75. The average Bonchev–Trinajstić information content (AvgIpc) is 2.80. The molecule has 1 saturated heterocycles. The van der Waals surface area contributed by atoms with Crippen LogP contribution in [0.2, 0.25) is 10.0 Å². The maximum atomic E-state index is 11.5. The molecule has 1 amide bonds. The summed E-state index contributed by atoms with van der Waals surface area (Å²) in [5.74, 6) is -1.58. The summed E-state index contributed by atoms with van der Waals surface area (Å²) in [6.45, 7) is 0. The summed E-state index contributed by atoms with van der Waals surface area (Å²) in [7, 11) is 0. The molecule has 24 heavy (non-hydrogen) atoms. The lowest BCUT2D eigenvalue weighted by atomic mass is 10.2. The molecule has 0 saturated carbocycles. The van der Waals surface area contributed by atoms with Crippen molar-refractivity contribution in [2.75, 3.05) is 0 Å². The molecule has 1 fully saturated rings. The number of carboxylic acid groups (broad SMARTS) is 1. The monoisotopic (exact) mass is 390 g/mol. The second kappa shape index (κ2) is 7.60. The van der Waals surface area contributed by atoms with Crippen molar-refractivity contribution in [3.63, 3.8) is 0 Å². The summed E-state index contributed by atoms with van der Waals surface area (Å²) in [4.78, 5) is 32.3. The van der Waals surface area contributed by atoms with E-state index in [1.54, 1.807) is 0 Å². The third-order valence-electron chi connectivity index (χ3n) is 2.74. The van der Waals surface area contributed by atoms with Gasteiger partial charge in [-0.25, -0.2) is 0 Å². The van der Waals surface area contributed by atoms with Crippen molar-refractivity contribution < 1.29 is 19.6 Å². The zero-order valence-corrected chi connectivity index (χ0v) is 13.9. The van der Waals surface area contributed by atoms with Gasteiger partial charge in [-0.1, -0.05) is 35.0 Å². The van der Waals surface area contributed by atoms with Crippen LogP contribution in [0.15, 0.2) is 22.3 Å². The van der Waals surface area contributed by atoms with Gasteiger partial charge < -0.3 is 10.4 Å². The fraction of sp³-hybridized carbons (Fsp3) is 0.167. The molecule has 1 aliphatic heterocycles. The van der Waals surface area contributed by atoms with Gasteiger partial charge in [-0.05, 0) is 6.07 Å². The van der Waals surface area contributed by atoms with Gasteiger partial charge in [0.05, 0.1) is 22.6 Å². The maximum Gasteiger partial charge on any atom is 0.305 e. The molecule has 126 valence electrons. The Hall–Kier alpha value is -2.17. The van der Waals surface area contributed by atoms with Crippen LogP contribution in [-0.2, 0) is 9.59 Å². The minimum atomic E-state index is -1.10. The minimum absolute atomic E-state index is 0.108. The van der Waals surface area contributed by atoms with Crippen LogP contribution in [0, 0.1) is 10.1 Å². The Balaban J connectivity index is 2.15. The van der Waals surface area contributed by atoms with Gasteiger partial charge in [-0.2, -0.15) is 5.10 Å². The largest absolute Gasteiger partial charge is 0.481 e. The molecule has 1 aromatic rings. The molecule has 0 radical (unpaired) electrons. The SMILES string of the molecule is O=C(O)CC1SC(=NN=Cc2cc([N+](=O)[O-])c(Cl)cc2Cl)NC1=O. The Morgan fingerprint density at radius 2 is 2.17 bits per heavy atom. The van der Waals surface area contributed by atoms with Gasteiger partial charge >= 0.3 is 5.97 Å². The highest BCUT2D eigenvalue weighted by atomic mass is 35.5. The molecule has 0 aliphatic carbocycles. The standard InChI is InChI=1S/C12H8Cl2N4O5S/c13-6-2-7(14)8(18(22)23)1-5(6)4-15-17-12-16-11(21)9(24-12)3-10(19)20/h1-2,4,9H,3H2,(H,19,20)(H,16,17,21). The lowest BCUT2D eigenvalue weighted by Crippen LogP contribution is -2.26. The Bertz CT molecular complexity index is 783. The normalized spacial score (nSPS) is 19.0. The van der Waals surface area contributed by atoms with Crippen molar-refractivity contribution in [1.29, 1.82) is 0 Å². The van der Waals surface area contributed by atoms with Gasteiger partial charge in [-0.15, -0.1) is 5.10 Å². The van der Waals surface area contributed by atoms with E-state index in [4.69, 9.17) is 28.3 Å². The number of nitrogens with one attached hydrogen (secondary N) is 1. The molecule has 0 aromatic heterocycles. The van der Waals surface area contributed by atoms with Gasteiger partial charge in [-0.3, -0.25) is 19.7 Å². The summed E-state index contributed by atoms with van der Waals surface area (Å²) >= 11 is 12.6. The van der Waals surface area contributed by atoms with Crippen molar-refractivity contribution in [3.8, 4) is 0 Å². The first kappa shape index (κ1) is 18.2. The lowest BCUT2D eigenvalue weighted by molar-refractivity contribution is -0.384. The number of nitro groups is 1. The molecule has 2 rings (SSSR count). The van der Waals surface area contributed by atoms with Gasteiger partial charge in [0.15, 0.2) is 5.17 Å². The van der Waals surface area contributed by atoms with Crippen molar-refractivity contribution in [3.05, 3.63) is 37.9 Å². The quantitative estimate of drug-likeness (QED) is 0.449. The molecule has 1 heterocycles. The molecule has 1 aromatic carbocycles. The zero-order chi connectivity index (χ0) is 17.9. The number of nitrogens with zero attached hydrogens (tertiary/aromatic N) is 3. The highest BCUT2D eigenvalue weighted by Crippen LogP contribution is 2.30. The van der Waals surface area contributed by atoms with E-state index in [0.29, 0.717) is 0 Å². The van der Waals surface area contributed by atoms with Crippen LogP contribution >= 0.6 is 35.0 Å². The first-order chi connectivity index (χ1) is 11.3. The molecular formula is C12H8Cl2N4O5S. The summed E-state index contributed by atoms with van der Waals surface area (Å²) in [6, 6.07) is 2.35. The third-order valence-corrected chi connectivity index (χ3v) is 4.45. The highest BCUT2D eigenvalue weighted by Gasteiger charge is 2.32. The van der Waals surface area contributed by atoms with Gasteiger partial charge in [0.2, 0.25) is 5.91 Å². The van der Waals surface area contributed by atoms with Crippen molar-refractivity contribution in [1.82, 2.24) is 5.32 Å². The number of carboxylic acids is 1. The molecule has 9 nitrogen and oxygen atoms in total. The van der Waals surface area contributed by atoms with Crippen LogP contribution in [0.4, 0.5) is 5.69 Å². The Morgan fingerprint density at radius 1 is 1.46 bits per heavy atom. The van der Waals surface area contributed by atoms with Crippen LogP contribution in [0.1, 0.15) is 12.0 Å². The van der Waals surface area contributed by atoms with E-state index in [2.05, 4.69) is 15.5 Å². The first-order valence-electron chi connectivity index (χ1n) is 6.21. The number of amidine groups is 1. The number of aliphatic carboxylic acids is 1. The molecule has 1 unspecified atom stereocenters. The molecule has 0 bridgehead atoms. The fourth-order valence-corrected chi connectivity index (χ4v) is 3.10. The van der Waals surface area contributed by atoms with Crippen molar-refractivity contribution in [2.24, 2.45) is 10.2 Å². The van der Waals surface area contributed by atoms with Crippen LogP contribution in [0.25, 0.3) is 0 Å². The summed E-state index contributed by atoms with van der Waals surface area (Å²) in [5.41, 5.74) is -0.117. The fourth-order valence-electron chi connectivity index (χ4n) is 1.68. The number of carbonyl (C=O) groups excluding carboxylic acids is 1. The molecule has 1 aliphatic rings. The number of nitro benzene ring substituents is 1. The predicted octanol–water partition coefficient (Wildman–Crippen LogP) is 2.30. The predicted molar refractivity (Wildman–Crippen MR) is 89.9 cm³/mol. The highest BCUT2D eigenvalue weighted by molar-refractivity contribution is 8.15. The summed E-state index contributed by atoms with van der Waals surface area (Å²) in [6.07, 6.45) is 0.824. The molecule has 2 N–H and O–H groups in total. The van der Waals surface area contributed by atoms with Crippen LogP contribution < -0.4 is 5.32 Å². The number of halogens is 2. The smallest absolute Gasteiger partial charge is 0.305 e. The number of benzene rings is 1. The van der Waals surface area contributed by atoms with Gasteiger partial charge in [0.1, 0.15) is 10.3 Å². The zero-order valence-electron chi connectivity index (χ0n) is 11.6. The number of rotatable bonds is 5. The number of hydrogen-bond donors (Lipinski definition) is 2. The second-order valence-corrected chi connectivity index (χ2v) is 6.43. The van der Waals surface area contributed by atoms with E-state index in [0.717, 1.165) is 24.0 Å². The van der Waals surface area contributed by atoms with Crippen LogP contribution in [-0.4, -0.2) is 38.5 Å². The van der Waals surface area contributed by atoms with Crippen molar-refractivity contribution in [2.45, 2.75) is 11.7 Å². The van der Waals surface area contributed by atoms with E-state index in [9.17, 15) is 19.7 Å². The summed E-state index contributed by atoms with van der Waals surface area (Å²) in [5, 5.41) is 28.7. The summed E-state index contributed by atoms with van der Waals surface area (Å²) < 4.78 is 0. The third kappa shape index (κ3) is 4.43. The van der Waals surface area contributed by atoms with E-state index in [-0.39, 0.29) is 32.9 Å². The van der Waals surface area contributed by atoms with E-state index < -0.39 is 22.0 Å². The molecule has 12 heteroatoms.